The van der Waals surface area contributed by atoms with Crippen LogP contribution in [0.3, 0.4) is 0 Å². The van der Waals surface area contributed by atoms with Crippen molar-refractivity contribution in [2.24, 2.45) is 0 Å². The van der Waals surface area contributed by atoms with Gasteiger partial charge in [0, 0.05) is 13.2 Å². The molecule has 0 aliphatic carbocycles. The quantitative estimate of drug-likeness (QED) is 0.781. The molecule has 0 heterocycles. The van der Waals surface area contributed by atoms with E-state index >= 15 is 0 Å². The van der Waals surface area contributed by atoms with Crippen LogP contribution in [-0.2, 0) is 15.7 Å². The normalized spacial score (nSPS) is 13.8. The van der Waals surface area contributed by atoms with E-state index in [-0.39, 0.29) is 5.56 Å². The van der Waals surface area contributed by atoms with E-state index in [1.54, 1.807) is 27.0 Å². The molecule has 0 aromatic heterocycles. The smallest absolute Gasteiger partial charge is 0.351 e. The maximum atomic E-state index is 13.1. The van der Waals surface area contributed by atoms with Gasteiger partial charge < -0.3 is 14.8 Å². The van der Waals surface area contributed by atoms with Gasteiger partial charge in [0.2, 0.25) is 0 Å². The summed E-state index contributed by atoms with van der Waals surface area (Å²) in [6.07, 6.45) is -5.17. The van der Waals surface area contributed by atoms with Crippen molar-refractivity contribution < 1.29 is 22.6 Å². The topological polar surface area (TPSA) is 30.5 Å². The molecule has 6 heteroatoms. The molecule has 20 heavy (non-hydrogen) atoms. The first-order valence-electron chi connectivity index (χ1n) is 6.52. The largest absolute Gasteiger partial charge is 0.416 e. The zero-order chi connectivity index (χ0) is 15.2. The highest BCUT2D eigenvalue weighted by atomic mass is 19.4. The van der Waals surface area contributed by atoms with Crippen LogP contribution in [0, 0.1) is 0 Å². The molecule has 1 unspecified atom stereocenters. The number of benzene rings is 1. The van der Waals surface area contributed by atoms with Gasteiger partial charge in [-0.05, 0) is 32.5 Å². The second kappa shape index (κ2) is 7.61. The molecular weight excluding hydrogens is 271 g/mol. The van der Waals surface area contributed by atoms with E-state index in [1.165, 1.54) is 12.1 Å². The van der Waals surface area contributed by atoms with Gasteiger partial charge in [0.1, 0.15) is 0 Å². The third kappa shape index (κ3) is 4.19. The first kappa shape index (κ1) is 16.9. The Balaban J connectivity index is 3.17. The van der Waals surface area contributed by atoms with Crippen LogP contribution in [0.5, 0.6) is 0 Å². The number of hydrogen-bond acceptors (Lipinski definition) is 3. The molecule has 0 radical (unpaired) electrons. The number of ether oxygens (including phenoxy) is 2. The van der Waals surface area contributed by atoms with Crippen LogP contribution in [0.1, 0.15) is 31.0 Å². The fraction of sp³-hybridized carbons (Fsp3) is 0.571. The minimum absolute atomic E-state index is 0.120. The highest BCUT2D eigenvalue weighted by Crippen LogP contribution is 2.35. The molecule has 0 spiro atoms. The van der Waals surface area contributed by atoms with Crippen molar-refractivity contribution in [2.75, 3.05) is 20.3 Å². The predicted molar refractivity (Wildman–Crippen MR) is 70.3 cm³/mol. The zero-order valence-electron chi connectivity index (χ0n) is 11.8. The average molecular weight is 291 g/mol. The van der Waals surface area contributed by atoms with Crippen molar-refractivity contribution in [3.8, 4) is 0 Å². The van der Waals surface area contributed by atoms with Crippen LogP contribution >= 0.6 is 0 Å². The van der Waals surface area contributed by atoms with Crippen LogP contribution in [0.4, 0.5) is 13.2 Å². The summed E-state index contributed by atoms with van der Waals surface area (Å²) in [4.78, 5) is 0. The molecule has 1 atom stereocenters. The molecule has 0 fully saturated rings. The van der Waals surface area contributed by atoms with Gasteiger partial charge in [0.15, 0.2) is 6.29 Å². The third-order valence-electron chi connectivity index (χ3n) is 2.85. The Morgan fingerprint density at radius 2 is 1.65 bits per heavy atom. The molecular formula is C14H20F3NO2. The summed E-state index contributed by atoms with van der Waals surface area (Å²) in [6.45, 7) is 4.26. The second-order valence-corrected chi connectivity index (χ2v) is 4.13. The van der Waals surface area contributed by atoms with Crippen LogP contribution in [0.25, 0.3) is 0 Å². The van der Waals surface area contributed by atoms with Gasteiger partial charge >= 0.3 is 6.18 Å². The number of likely N-dealkylation sites (N-methyl/N-ethyl adjacent to an activating group) is 1. The molecule has 0 saturated heterocycles. The first-order chi connectivity index (χ1) is 9.45. The molecule has 1 aromatic rings. The Morgan fingerprint density at radius 3 is 2.10 bits per heavy atom. The lowest BCUT2D eigenvalue weighted by molar-refractivity contribution is -0.158. The van der Waals surface area contributed by atoms with E-state index in [4.69, 9.17) is 9.47 Å². The number of hydrogen-bond donors (Lipinski definition) is 1. The van der Waals surface area contributed by atoms with Gasteiger partial charge in [0.25, 0.3) is 0 Å². The summed E-state index contributed by atoms with van der Waals surface area (Å²) in [5, 5.41) is 2.85. The summed E-state index contributed by atoms with van der Waals surface area (Å²) >= 11 is 0. The predicted octanol–water partition coefficient (Wildman–Crippen LogP) is 3.37. The van der Waals surface area contributed by atoms with Crippen molar-refractivity contribution in [2.45, 2.75) is 32.4 Å². The van der Waals surface area contributed by atoms with Crippen LogP contribution < -0.4 is 5.32 Å². The highest BCUT2D eigenvalue weighted by Gasteiger charge is 2.36. The summed E-state index contributed by atoms with van der Waals surface area (Å²) < 4.78 is 50.0. The van der Waals surface area contributed by atoms with Gasteiger partial charge in [-0.3, -0.25) is 0 Å². The lowest BCUT2D eigenvalue weighted by atomic mass is 9.99. The SMILES string of the molecule is CCOC(OCC)C(NC)c1ccccc1C(F)(F)F. The summed E-state index contributed by atoms with van der Waals surface area (Å²) in [5.74, 6) is 0. The van der Waals surface area contributed by atoms with E-state index in [0.29, 0.717) is 13.2 Å². The van der Waals surface area contributed by atoms with Crippen LogP contribution in [0.15, 0.2) is 24.3 Å². The van der Waals surface area contributed by atoms with Crippen molar-refractivity contribution in [1.82, 2.24) is 5.32 Å². The first-order valence-corrected chi connectivity index (χ1v) is 6.52. The molecule has 0 bridgehead atoms. The van der Waals surface area contributed by atoms with Gasteiger partial charge in [0.05, 0.1) is 11.6 Å². The minimum atomic E-state index is -4.41. The maximum absolute atomic E-state index is 13.1. The fourth-order valence-electron chi connectivity index (χ4n) is 2.03. The fourth-order valence-corrected chi connectivity index (χ4v) is 2.03. The monoisotopic (exact) mass is 291 g/mol. The summed E-state index contributed by atoms with van der Waals surface area (Å²) in [5.41, 5.74) is -0.557. The van der Waals surface area contributed by atoms with E-state index in [2.05, 4.69) is 5.32 Å². The number of alkyl halides is 3. The van der Waals surface area contributed by atoms with Crippen molar-refractivity contribution in [3.63, 3.8) is 0 Å². The minimum Gasteiger partial charge on any atom is -0.351 e. The third-order valence-corrected chi connectivity index (χ3v) is 2.85. The molecule has 1 N–H and O–H groups in total. The molecule has 0 aliphatic heterocycles. The molecule has 0 saturated carbocycles. The van der Waals surface area contributed by atoms with Crippen molar-refractivity contribution in [3.05, 3.63) is 35.4 Å². The molecule has 1 aromatic carbocycles. The van der Waals surface area contributed by atoms with Gasteiger partial charge in [-0.25, -0.2) is 0 Å². The number of nitrogens with one attached hydrogen (secondary N) is 1. The Labute approximate surface area is 117 Å². The Bertz CT molecular complexity index is 404. The van der Waals surface area contributed by atoms with E-state index in [1.807, 2.05) is 0 Å². The molecule has 114 valence electrons. The lowest BCUT2D eigenvalue weighted by Crippen LogP contribution is -2.35. The van der Waals surface area contributed by atoms with E-state index in [9.17, 15) is 13.2 Å². The Morgan fingerprint density at radius 1 is 1.10 bits per heavy atom. The van der Waals surface area contributed by atoms with Crippen LogP contribution in [-0.4, -0.2) is 26.6 Å². The Kier molecular flexibility index (Phi) is 6.45. The average Bonchev–Trinajstić information content (AvgIpc) is 2.39. The summed E-state index contributed by atoms with van der Waals surface area (Å²) in [7, 11) is 1.59. The van der Waals surface area contributed by atoms with E-state index in [0.717, 1.165) is 6.07 Å². The van der Waals surface area contributed by atoms with E-state index < -0.39 is 24.1 Å². The van der Waals surface area contributed by atoms with Gasteiger partial charge in [-0.2, -0.15) is 13.2 Å². The second-order valence-electron chi connectivity index (χ2n) is 4.13. The van der Waals surface area contributed by atoms with Crippen molar-refractivity contribution >= 4 is 0 Å². The number of halogens is 3. The molecule has 0 aliphatic rings. The summed E-state index contributed by atoms with van der Waals surface area (Å²) in [6, 6.07) is 4.76. The molecule has 3 nitrogen and oxygen atoms in total. The van der Waals surface area contributed by atoms with Crippen molar-refractivity contribution in [1.29, 1.82) is 0 Å². The zero-order valence-corrected chi connectivity index (χ0v) is 11.8. The van der Waals surface area contributed by atoms with Gasteiger partial charge in [-0.1, -0.05) is 18.2 Å². The van der Waals surface area contributed by atoms with Crippen LogP contribution in [0.2, 0.25) is 0 Å². The Hall–Kier alpha value is -1.11. The lowest BCUT2D eigenvalue weighted by Gasteiger charge is -2.28. The molecule has 0 amide bonds. The molecule has 1 rings (SSSR count). The standard InChI is InChI=1S/C14H20F3NO2/c1-4-19-13(20-5-2)12(18-3)10-8-6-7-9-11(10)14(15,16)17/h6-9,12-13,18H,4-5H2,1-3H3. The maximum Gasteiger partial charge on any atom is 0.416 e. The number of rotatable bonds is 7. The highest BCUT2D eigenvalue weighted by molar-refractivity contribution is 5.32. The van der Waals surface area contributed by atoms with Gasteiger partial charge in [-0.15, -0.1) is 0 Å².